The molecular weight excluding hydrogens is 300 g/mol. The van der Waals surface area contributed by atoms with E-state index in [0.717, 1.165) is 6.07 Å². The molecular formula is C12H16N2O6S. The van der Waals surface area contributed by atoms with E-state index in [-0.39, 0.29) is 23.7 Å². The molecule has 9 heteroatoms. The zero-order valence-corrected chi connectivity index (χ0v) is 12.2. The van der Waals surface area contributed by atoms with Crippen molar-refractivity contribution in [1.82, 2.24) is 4.31 Å². The Balaban J connectivity index is 2.36. The molecule has 8 nitrogen and oxygen atoms in total. The van der Waals surface area contributed by atoms with Crippen molar-refractivity contribution in [1.29, 1.82) is 0 Å². The lowest BCUT2D eigenvalue weighted by atomic mass is 10.1. The van der Waals surface area contributed by atoms with E-state index in [0.29, 0.717) is 12.8 Å². The second kappa shape index (κ2) is 5.96. The van der Waals surface area contributed by atoms with Crippen molar-refractivity contribution < 1.29 is 23.2 Å². The second-order valence-electron chi connectivity index (χ2n) is 4.73. The number of hydrogen-bond donors (Lipinski definition) is 1. The van der Waals surface area contributed by atoms with E-state index in [1.54, 1.807) is 0 Å². The van der Waals surface area contributed by atoms with Gasteiger partial charge in [0.15, 0.2) is 5.75 Å². The van der Waals surface area contributed by atoms with Gasteiger partial charge in [0.2, 0.25) is 10.0 Å². The van der Waals surface area contributed by atoms with Gasteiger partial charge in [-0.25, -0.2) is 8.42 Å². The molecule has 0 atom stereocenters. The van der Waals surface area contributed by atoms with Crippen LogP contribution in [-0.2, 0) is 10.0 Å². The maximum Gasteiger partial charge on any atom is 0.312 e. The van der Waals surface area contributed by atoms with Crippen molar-refractivity contribution in [2.24, 2.45) is 0 Å². The predicted octanol–water partition coefficient (Wildman–Crippen LogP) is 0.749. The number of nitro groups is 1. The van der Waals surface area contributed by atoms with Gasteiger partial charge in [-0.2, -0.15) is 4.31 Å². The molecule has 1 aliphatic rings. The number of benzene rings is 1. The normalized spacial score (nSPS) is 17.6. The molecule has 0 spiro atoms. The summed E-state index contributed by atoms with van der Waals surface area (Å²) in [6.07, 6.45) is 0.219. The van der Waals surface area contributed by atoms with Crippen LogP contribution >= 0.6 is 0 Å². The van der Waals surface area contributed by atoms with Gasteiger partial charge in [-0.05, 0) is 25.0 Å². The zero-order valence-electron chi connectivity index (χ0n) is 11.4. The highest BCUT2D eigenvalue weighted by atomic mass is 32.2. The maximum atomic E-state index is 12.4. The highest BCUT2D eigenvalue weighted by Crippen LogP contribution is 2.31. The topological polar surface area (TPSA) is 110 Å². The first-order chi connectivity index (χ1) is 9.86. The molecule has 0 bridgehead atoms. The van der Waals surface area contributed by atoms with Crippen LogP contribution in [0, 0.1) is 10.1 Å². The number of ether oxygens (including phenoxy) is 1. The van der Waals surface area contributed by atoms with Crippen LogP contribution in [-0.4, -0.2) is 49.1 Å². The Bertz CT molecular complexity index is 637. The number of sulfonamides is 1. The first kappa shape index (κ1) is 15.7. The molecule has 0 aliphatic carbocycles. The fourth-order valence-electron chi connectivity index (χ4n) is 2.20. The number of aliphatic hydroxyl groups excluding tert-OH is 1. The summed E-state index contributed by atoms with van der Waals surface area (Å²) >= 11 is 0. The quantitative estimate of drug-likeness (QED) is 0.648. The van der Waals surface area contributed by atoms with Gasteiger partial charge < -0.3 is 9.84 Å². The number of hydrogen-bond acceptors (Lipinski definition) is 6. The van der Waals surface area contributed by atoms with Crippen molar-refractivity contribution >= 4 is 15.7 Å². The van der Waals surface area contributed by atoms with Gasteiger partial charge in [-0.1, -0.05) is 0 Å². The average molecular weight is 316 g/mol. The third-order valence-electron chi connectivity index (χ3n) is 3.41. The lowest BCUT2D eigenvalue weighted by Crippen LogP contribution is -2.40. The highest BCUT2D eigenvalue weighted by Gasteiger charge is 2.30. The minimum Gasteiger partial charge on any atom is -0.490 e. The monoisotopic (exact) mass is 316 g/mol. The Hall–Kier alpha value is -1.71. The lowest BCUT2D eigenvalue weighted by molar-refractivity contribution is -0.386. The van der Waals surface area contributed by atoms with E-state index in [2.05, 4.69) is 0 Å². The van der Waals surface area contributed by atoms with Crippen LogP contribution in [0.25, 0.3) is 0 Å². The van der Waals surface area contributed by atoms with Crippen molar-refractivity contribution in [3.05, 3.63) is 28.3 Å². The molecule has 1 aromatic rings. The number of aliphatic hydroxyl groups is 1. The summed E-state index contributed by atoms with van der Waals surface area (Å²) in [6.45, 7) is 0.395. The summed E-state index contributed by atoms with van der Waals surface area (Å²) in [5.41, 5.74) is -0.393. The average Bonchev–Trinajstić information content (AvgIpc) is 2.46. The van der Waals surface area contributed by atoms with Crippen LogP contribution in [0.15, 0.2) is 23.1 Å². The van der Waals surface area contributed by atoms with Crippen LogP contribution < -0.4 is 4.74 Å². The molecule has 1 saturated heterocycles. The molecule has 21 heavy (non-hydrogen) atoms. The summed E-state index contributed by atoms with van der Waals surface area (Å²) in [4.78, 5) is 10.1. The van der Waals surface area contributed by atoms with Crippen LogP contribution in [0.1, 0.15) is 12.8 Å². The van der Waals surface area contributed by atoms with Gasteiger partial charge in [0.1, 0.15) is 0 Å². The summed E-state index contributed by atoms with van der Waals surface area (Å²) in [5.74, 6) is 0.00742. The fraction of sp³-hybridized carbons (Fsp3) is 0.500. The molecule has 1 heterocycles. The van der Waals surface area contributed by atoms with Gasteiger partial charge in [0.05, 0.1) is 23.0 Å². The Kier molecular flexibility index (Phi) is 4.45. The summed E-state index contributed by atoms with van der Waals surface area (Å²) < 4.78 is 31.0. The van der Waals surface area contributed by atoms with Crippen LogP contribution in [0.5, 0.6) is 5.75 Å². The number of rotatable bonds is 4. The molecule has 0 amide bonds. The molecule has 1 aromatic carbocycles. The SMILES string of the molecule is COc1ccc(S(=O)(=O)N2CCC(O)CC2)cc1[N+](=O)[O-]. The predicted molar refractivity (Wildman–Crippen MR) is 73.6 cm³/mol. The third kappa shape index (κ3) is 3.14. The number of methoxy groups -OCH3 is 1. The summed E-state index contributed by atoms with van der Waals surface area (Å²) in [5, 5.41) is 20.4. The Morgan fingerprint density at radius 3 is 2.52 bits per heavy atom. The molecule has 116 valence electrons. The summed E-state index contributed by atoms with van der Waals surface area (Å²) in [7, 11) is -2.52. The van der Waals surface area contributed by atoms with E-state index in [4.69, 9.17) is 4.74 Å². The van der Waals surface area contributed by atoms with E-state index >= 15 is 0 Å². The Morgan fingerprint density at radius 2 is 2.00 bits per heavy atom. The van der Waals surface area contributed by atoms with Crippen molar-refractivity contribution in [3.8, 4) is 5.75 Å². The molecule has 0 unspecified atom stereocenters. The first-order valence-electron chi connectivity index (χ1n) is 6.37. The largest absolute Gasteiger partial charge is 0.490 e. The Morgan fingerprint density at radius 1 is 1.38 bits per heavy atom. The zero-order chi connectivity index (χ0) is 15.6. The van der Waals surface area contributed by atoms with Crippen LogP contribution in [0.4, 0.5) is 5.69 Å². The highest BCUT2D eigenvalue weighted by molar-refractivity contribution is 7.89. The number of nitrogens with zero attached hydrogens (tertiary/aromatic N) is 2. The second-order valence-corrected chi connectivity index (χ2v) is 6.66. The molecule has 0 radical (unpaired) electrons. The fourth-order valence-corrected chi connectivity index (χ4v) is 3.69. The standard InChI is InChI=1S/C12H16N2O6S/c1-20-12-3-2-10(8-11(12)14(16)17)21(18,19)13-6-4-9(15)5-7-13/h2-3,8-9,15H,4-7H2,1H3. The van der Waals surface area contributed by atoms with Gasteiger partial charge in [-0.15, -0.1) is 0 Å². The molecule has 2 rings (SSSR count). The minimum absolute atomic E-state index is 0.00742. The van der Waals surface area contributed by atoms with Gasteiger partial charge in [0.25, 0.3) is 0 Å². The van der Waals surface area contributed by atoms with Gasteiger partial charge in [-0.3, -0.25) is 10.1 Å². The van der Waals surface area contributed by atoms with E-state index in [9.17, 15) is 23.6 Å². The molecule has 0 aromatic heterocycles. The summed E-state index contributed by atoms with van der Waals surface area (Å²) in [6, 6.07) is 3.55. The first-order valence-corrected chi connectivity index (χ1v) is 7.81. The molecule has 1 aliphatic heterocycles. The van der Waals surface area contributed by atoms with E-state index in [1.807, 2.05) is 0 Å². The minimum atomic E-state index is -3.80. The van der Waals surface area contributed by atoms with Crippen molar-refractivity contribution in [2.75, 3.05) is 20.2 Å². The van der Waals surface area contributed by atoms with Crippen molar-refractivity contribution in [3.63, 3.8) is 0 Å². The van der Waals surface area contributed by atoms with Gasteiger partial charge >= 0.3 is 5.69 Å². The van der Waals surface area contributed by atoms with E-state index < -0.39 is 26.7 Å². The van der Waals surface area contributed by atoms with Gasteiger partial charge in [0, 0.05) is 19.2 Å². The smallest absolute Gasteiger partial charge is 0.312 e. The lowest BCUT2D eigenvalue weighted by Gasteiger charge is -2.28. The molecule has 0 saturated carbocycles. The third-order valence-corrected chi connectivity index (χ3v) is 5.30. The Labute approximate surface area is 122 Å². The molecule has 1 fully saturated rings. The van der Waals surface area contributed by atoms with E-state index in [1.165, 1.54) is 23.5 Å². The molecule has 1 N–H and O–H groups in total. The number of piperidine rings is 1. The maximum absolute atomic E-state index is 12.4. The van der Waals surface area contributed by atoms with Crippen LogP contribution in [0.2, 0.25) is 0 Å². The van der Waals surface area contributed by atoms with Crippen molar-refractivity contribution in [2.45, 2.75) is 23.8 Å². The van der Waals surface area contributed by atoms with Crippen LogP contribution in [0.3, 0.4) is 0 Å². The number of nitro benzene ring substituents is 1.